The van der Waals surface area contributed by atoms with Crippen molar-refractivity contribution in [2.45, 2.75) is 31.6 Å². The lowest BCUT2D eigenvalue weighted by atomic mass is 10.3. The quantitative estimate of drug-likeness (QED) is 0.747. The van der Waals surface area contributed by atoms with Gasteiger partial charge in [-0.05, 0) is 37.1 Å². The SMILES string of the molecule is CCCN(CCC)C(=O)CNS(=O)(=O)c1ccc(OC)cc1. The Hall–Kier alpha value is -1.60. The standard InChI is InChI=1S/C15H24N2O4S/c1-4-10-17(11-5-2)15(18)12-16-22(19,20)14-8-6-13(21-3)7-9-14/h6-9,16H,4-5,10-12H2,1-3H3. The molecule has 0 bridgehead atoms. The lowest BCUT2D eigenvalue weighted by molar-refractivity contribution is -0.130. The van der Waals surface area contributed by atoms with Gasteiger partial charge in [0.25, 0.3) is 0 Å². The molecule has 124 valence electrons. The molecule has 1 aromatic rings. The van der Waals surface area contributed by atoms with Gasteiger partial charge in [-0.25, -0.2) is 13.1 Å². The van der Waals surface area contributed by atoms with Crippen LogP contribution in [0.1, 0.15) is 26.7 Å². The number of amides is 1. The molecule has 0 atom stereocenters. The third kappa shape index (κ3) is 5.31. The lowest BCUT2D eigenvalue weighted by Gasteiger charge is -2.21. The number of nitrogens with one attached hydrogen (secondary N) is 1. The first-order valence-electron chi connectivity index (χ1n) is 7.36. The zero-order valence-corrected chi connectivity index (χ0v) is 14.1. The summed E-state index contributed by atoms with van der Waals surface area (Å²) in [6.45, 7) is 5.01. The Morgan fingerprint density at radius 3 is 2.14 bits per heavy atom. The first-order valence-corrected chi connectivity index (χ1v) is 8.84. The maximum Gasteiger partial charge on any atom is 0.241 e. The minimum absolute atomic E-state index is 0.110. The van der Waals surface area contributed by atoms with Crippen LogP contribution in [0.25, 0.3) is 0 Å². The Bertz CT molecular complexity index is 564. The molecular weight excluding hydrogens is 304 g/mol. The van der Waals surface area contributed by atoms with Crippen LogP contribution in [0, 0.1) is 0 Å². The summed E-state index contributed by atoms with van der Waals surface area (Å²) in [7, 11) is -2.19. The fourth-order valence-electron chi connectivity index (χ4n) is 2.01. The number of methoxy groups -OCH3 is 1. The smallest absolute Gasteiger partial charge is 0.241 e. The molecule has 1 N–H and O–H groups in total. The van der Waals surface area contributed by atoms with E-state index in [1.54, 1.807) is 17.0 Å². The maximum absolute atomic E-state index is 12.2. The van der Waals surface area contributed by atoms with Crippen LogP contribution in [-0.2, 0) is 14.8 Å². The van der Waals surface area contributed by atoms with Crippen molar-refractivity contribution in [3.8, 4) is 5.75 Å². The molecule has 7 heteroatoms. The van der Waals surface area contributed by atoms with Crippen LogP contribution >= 0.6 is 0 Å². The van der Waals surface area contributed by atoms with E-state index in [9.17, 15) is 13.2 Å². The second-order valence-electron chi connectivity index (χ2n) is 4.88. The van der Waals surface area contributed by atoms with Gasteiger partial charge in [0.05, 0.1) is 18.6 Å². The van der Waals surface area contributed by atoms with Crippen molar-refractivity contribution in [3.63, 3.8) is 0 Å². The van der Waals surface area contributed by atoms with Gasteiger partial charge in [0, 0.05) is 13.1 Å². The first kappa shape index (κ1) is 18.4. The number of hydrogen-bond acceptors (Lipinski definition) is 4. The molecule has 0 saturated carbocycles. The minimum Gasteiger partial charge on any atom is -0.497 e. The molecule has 1 amide bonds. The highest BCUT2D eigenvalue weighted by Gasteiger charge is 2.18. The molecule has 6 nitrogen and oxygen atoms in total. The predicted molar refractivity (Wildman–Crippen MR) is 85.3 cm³/mol. The van der Waals surface area contributed by atoms with Crippen molar-refractivity contribution in [1.29, 1.82) is 0 Å². The van der Waals surface area contributed by atoms with Gasteiger partial charge >= 0.3 is 0 Å². The molecule has 0 heterocycles. The van der Waals surface area contributed by atoms with Crippen LogP contribution in [0.15, 0.2) is 29.2 Å². The summed E-state index contributed by atoms with van der Waals surface area (Å²) in [5.41, 5.74) is 0. The predicted octanol–water partition coefficient (Wildman–Crippen LogP) is 1.62. The van der Waals surface area contributed by atoms with E-state index in [-0.39, 0.29) is 17.3 Å². The van der Waals surface area contributed by atoms with Crippen molar-refractivity contribution in [2.24, 2.45) is 0 Å². The Kier molecular flexibility index (Phi) is 7.34. The summed E-state index contributed by atoms with van der Waals surface area (Å²) in [6.07, 6.45) is 1.69. The van der Waals surface area contributed by atoms with Crippen LogP contribution in [0.2, 0.25) is 0 Å². The van der Waals surface area contributed by atoms with Gasteiger partial charge in [-0.3, -0.25) is 4.79 Å². The third-order valence-electron chi connectivity index (χ3n) is 3.12. The summed E-state index contributed by atoms with van der Waals surface area (Å²) in [6, 6.07) is 6.02. The van der Waals surface area contributed by atoms with Crippen LogP contribution in [0.3, 0.4) is 0 Å². The molecule has 0 saturated heterocycles. The van der Waals surface area contributed by atoms with Gasteiger partial charge in [0.1, 0.15) is 5.75 Å². The van der Waals surface area contributed by atoms with Crippen LogP contribution < -0.4 is 9.46 Å². The highest BCUT2D eigenvalue weighted by molar-refractivity contribution is 7.89. The van der Waals surface area contributed by atoms with Gasteiger partial charge in [-0.15, -0.1) is 0 Å². The molecular formula is C15H24N2O4S. The van der Waals surface area contributed by atoms with Crippen LogP contribution in [0.5, 0.6) is 5.75 Å². The average molecular weight is 328 g/mol. The molecule has 0 aliphatic rings. The molecule has 22 heavy (non-hydrogen) atoms. The van der Waals surface area contributed by atoms with E-state index in [0.717, 1.165) is 12.8 Å². The van der Waals surface area contributed by atoms with Gasteiger partial charge in [0.15, 0.2) is 0 Å². The van der Waals surface area contributed by atoms with Crippen LogP contribution in [0.4, 0.5) is 0 Å². The van der Waals surface area contributed by atoms with E-state index in [1.165, 1.54) is 19.2 Å². The van der Waals surface area contributed by atoms with Crippen molar-refractivity contribution >= 4 is 15.9 Å². The number of sulfonamides is 1. The highest BCUT2D eigenvalue weighted by atomic mass is 32.2. The zero-order valence-electron chi connectivity index (χ0n) is 13.3. The van der Waals surface area contributed by atoms with Crippen molar-refractivity contribution in [3.05, 3.63) is 24.3 Å². The summed E-state index contributed by atoms with van der Waals surface area (Å²) in [4.78, 5) is 13.9. The first-order chi connectivity index (χ1) is 10.4. The van der Waals surface area contributed by atoms with Crippen molar-refractivity contribution in [1.82, 2.24) is 9.62 Å². The normalized spacial score (nSPS) is 11.2. The second kappa shape index (κ2) is 8.75. The number of benzene rings is 1. The summed E-state index contributed by atoms with van der Waals surface area (Å²) < 4.78 is 31.6. The van der Waals surface area contributed by atoms with E-state index < -0.39 is 10.0 Å². The Balaban J connectivity index is 2.69. The average Bonchev–Trinajstić information content (AvgIpc) is 2.52. The topological polar surface area (TPSA) is 75.7 Å². The molecule has 0 spiro atoms. The summed E-state index contributed by atoms with van der Waals surface area (Å²) in [5, 5.41) is 0. The van der Waals surface area contributed by atoms with Gasteiger partial charge in [-0.1, -0.05) is 13.8 Å². The minimum atomic E-state index is -3.70. The van der Waals surface area contributed by atoms with E-state index >= 15 is 0 Å². The van der Waals surface area contributed by atoms with Gasteiger partial charge in [0.2, 0.25) is 15.9 Å². The fourth-order valence-corrected chi connectivity index (χ4v) is 2.98. The van der Waals surface area contributed by atoms with Crippen molar-refractivity contribution in [2.75, 3.05) is 26.7 Å². The number of carbonyl (C=O) groups is 1. The van der Waals surface area contributed by atoms with Crippen molar-refractivity contribution < 1.29 is 17.9 Å². The molecule has 0 aliphatic heterocycles. The van der Waals surface area contributed by atoms with E-state index in [4.69, 9.17) is 4.74 Å². The summed E-state index contributed by atoms with van der Waals surface area (Å²) >= 11 is 0. The number of ether oxygens (including phenoxy) is 1. The number of hydrogen-bond donors (Lipinski definition) is 1. The van der Waals surface area contributed by atoms with E-state index in [0.29, 0.717) is 18.8 Å². The monoisotopic (exact) mass is 328 g/mol. The molecule has 0 unspecified atom stereocenters. The molecule has 0 fully saturated rings. The number of carbonyl (C=O) groups excluding carboxylic acids is 1. The maximum atomic E-state index is 12.2. The van der Waals surface area contributed by atoms with Gasteiger partial charge < -0.3 is 9.64 Å². The number of nitrogens with zero attached hydrogens (tertiary/aromatic N) is 1. The second-order valence-corrected chi connectivity index (χ2v) is 6.65. The van der Waals surface area contributed by atoms with Crippen LogP contribution in [-0.4, -0.2) is 46.0 Å². The Morgan fingerprint density at radius 1 is 1.14 bits per heavy atom. The highest BCUT2D eigenvalue weighted by Crippen LogP contribution is 2.15. The van der Waals surface area contributed by atoms with Gasteiger partial charge in [-0.2, -0.15) is 0 Å². The molecule has 1 rings (SSSR count). The summed E-state index contributed by atoms with van der Waals surface area (Å²) in [5.74, 6) is 0.368. The molecule has 0 radical (unpaired) electrons. The Morgan fingerprint density at radius 2 is 1.68 bits per heavy atom. The molecule has 1 aromatic carbocycles. The van der Waals surface area contributed by atoms with E-state index in [2.05, 4.69) is 4.72 Å². The third-order valence-corrected chi connectivity index (χ3v) is 4.54. The zero-order chi connectivity index (χ0) is 16.6. The molecule has 0 aromatic heterocycles. The molecule has 0 aliphatic carbocycles. The fraction of sp³-hybridized carbons (Fsp3) is 0.533. The number of rotatable bonds is 9. The lowest BCUT2D eigenvalue weighted by Crippen LogP contribution is -2.40. The largest absolute Gasteiger partial charge is 0.497 e. The van der Waals surface area contributed by atoms with E-state index in [1.807, 2.05) is 13.8 Å². The Labute approximate surface area is 132 Å².